The van der Waals surface area contributed by atoms with Gasteiger partial charge in [0.2, 0.25) is 0 Å². The molecule has 0 spiro atoms. The number of ether oxygens (including phenoxy) is 2. The third-order valence-corrected chi connectivity index (χ3v) is 4.36. The molecule has 1 saturated heterocycles. The van der Waals surface area contributed by atoms with Crippen molar-refractivity contribution in [3.63, 3.8) is 0 Å². The van der Waals surface area contributed by atoms with Gasteiger partial charge in [0.15, 0.2) is 5.76 Å². The zero-order valence-corrected chi connectivity index (χ0v) is 12.3. The predicted octanol–water partition coefficient (Wildman–Crippen LogP) is 2.70. The average Bonchev–Trinajstić information content (AvgIpc) is 2.57. The van der Waals surface area contributed by atoms with Crippen molar-refractivity contribution < 1.29 is 14.6 Å². The molecule has 1 N–H and O–H groups in total. The van der Waals surface area contributed by atoms with Gasteiger partial charge in [-0.15, -0.1) is 0 Å². The first-order chi connectivity index (χ1) is 10.4. The van der Waals surface area contributed by atoms with Gasteiger partial charge in [-0.25, -0.2) is 0 Å². The lowest BCUT2D eigenvalue weighted by atomic mass is 9.91. The second-order valence-electron chi connectivity index (χ2n) is 5.84. The number of aliphatic hydroxyl groups is 1. The van der Waals surface area contributed by atoms with Crippen molar-refractivity contribution in [1.82, 2.24) is 4.90 Å². The van der Waals surface area contributed by atoms with Crippen LogP contribution in [0.15, 0.2) is 48.3 Å². The SMILES string of the molecule is OCC1CCCN(C(C2=CC=CCC2)C2=COC=CO2)C1. The average molecular weight is 289 g/mol. The molecule has 0 amide bonds. The molecule has 0 aromatic rings. The molecule has 2 unspecified atom stereocenters. The van der Waals surface area contributed by atoms with Crippen LogP contribution in [-0.2, 0) is 9.47 Å². The Labute approximate surface area is 126 Å². The molecule has 1 aliphatic carbocycles. The molecule has 2 aliphatic heterocycles. The summed E-state index contributed by atoms with van der Waals surface area (Å²) in [5.41, 5.74) is 1.36. The summed E-state index contributed by atoms with van der Waals surface area (Å²) >= 11 is 0. The highest BCUT2D eigenvalue weighted by Gasteiger charge is 2.32. The Morgan fingerprint density at radius 1 is 1.38 bits per heavy atom. The minimum Gasteiger partial charge on any atom is -0.466 e. The molecule has 1 fully saturated rings. The zero-order valence-electron chi connectivity index (χ0n) is 12.3. The molecule has 0 saturated carbocycles. The topological polar surface area (TPSA) is 41.9 Å². The van der Waals surface area contributed by atoms with Crippen LogP contribution in [0.5, 0.6) is 0 Å². The number of hydrogen-bond acceptors (Lipinski definition) is 4. The summed E-state index contributed by atoms with van der Waals surface area (Å²) in [7, 11) is 0. The number of hydrogen-bond donors (Lipinski definition) is 1. The van der Waals surface area contributed by atoms with E-state index in [0.717, 1.165) is 44.5 Å². The highest BCUT2D eigenvalue weighted by Crippen LogP contribution is 2.30. The third kappa shape index (κ3) is 3.39. The number of piperidine rings is 1. The molecule has 4 heteroatoms. The first-order valence-corrected chi connectivity index (χ1v) is 7.76. The quantitative estimate of drug-likeness (QED) is 0.864. The van der Waals surface area contributed by atoms with Gasteiger partial charge in [0, 0.05) is 13.2 Å². The van der Waals surface area contributed by atoms with Gasteiger partial charge >= 0.3 is 0 Å². The first-order valence-electron chi connectivity index (χ1n) is 7.76. The summed E-state index contributed by atoms with van der Waals surface area (Å²) in [4.78, 5) is 2.42. The maximum Gasteiger partial charge on any atom is 0.160 e. The van der Waals surface area contributed by atoms with Gasteiger partial charge in [0.25, 0.3) is 0 Å². The summed E-state index contributed by atoms with van der Waals surface area (Å²) in [5.74, 6) is 1.21. The number of rotatable bonds is 4. The summed E-state index contributed by atoms with van der Waals surface area (Å²) in [6, 6.07) is 0.120. The Morgan fingerprint density at radius 3 is 3.05 bits per heavy atom. The fraction of sp³-hybridized carbons (Fsp3) is 0.529. The molecule has 0 bridgehead atoms. The van der Waals surface area contributed by atoms with Crippen LogP contribution in [0.3, 0.4) is 0 Å². The Hall–Kier alpha value is -1.52. The number of aliphatic hydroxyl groups excluding tert-OH is 1. The lowest BCUT2D eigenvalue weighted by Gasteiger charge is -2.39. The van der Waals surface area contributed by atoms with Crippen molar-refractivity contribution >= 4 is 0 Å². The maximum absolute atomic E-state index is 9.48. The van der Waals surface area contributed by atoms with E-state index in [4.69, 9.17) is 9.47 Å². The van der Waals surface area contributed by atoms with Crippen LogP contribution in [0, 0.1) is 5.92 Å². The Kier molecular flexibility index (Phi) is 4.78. The standard InChI is InChI=1S/C17H23NO3/c19-12-14-5-4-8-18(11-14)17(15-6-2-1-3-7-15)16-13-20-9-10-21-16/h1-2,6,9-10,13-14,17,19H,3-5,7-8,11-12H2. The molecule has 0 aromatic carbocycles. The molecule has 114 valence electrons. The highest BCUT2D eigenvalue weighted by molar-refractivity contribution is 5.29. The van der Waals surface area contributed by atoms with Crippen LogP contribution < -0.4 is 0 Å². The van der Waals surface area contributed by atoms with Gasteiger partial charge in [-0.2, -0.15) is 0 Å². The molecular formula is C17H23NO3. The van der Waals surface area contributed by atoms with Gasteiger partial charge in [0.05, 0.1) is 6.04 Å². The third-order valence-electron chi connectivity index (χ3n) is 4.36. The van der Waals surface area contributed by atoms with Crippen LogP contribution >= 0.6 is 0 Å². The molecule has 2 atom stereocenters. The minimum absolute atomic E-state index is 0.120. The van der Waals surface area contributed by atoms with Crippen molar-refractivity contribution in [2.75, 3.05) is 19.7 Å². The van der Waals surface area contributed by atoms with E-state index in [1.807, 2.05) is 0 Å². The molecule has 3 rings (SSSR count). The minimum atomic E-state index is 0.120. The highest BCUT2D eigenvalue weighted by atomic mass is 16.5. The fourth-order valence-electron chi connectivity index (χ4n) is 3.33. The van der Waals surface area contributed by atoms with Crippen LogP contribution in [0.1, 0.15) is 25.7 Å². The second-order valence-corrected chi connectivity index (χ2v) is 5.84. The predicted molar refractivity (Wildman–Crippen MR) is 81.0 cm³/mol. The van der Waals surface area contributed by atoms with Gasteiger partial charge in [0.1, 0.15) is 18.8 Å². The van der Waals surface area contributed by atoms with E-state index in [0.29, 0.717) is 5.92 Å². The molecule has 4 nitrogen and oxygen atoms in total. The fourth-order valence-corrected chi connectivity index (χ4v) is 3.33. The van der Waals surface area contributed by atoms with Crippen molar-refractivity contribution in [3.05, 3.63) is 48.3 Å². The summed E-state index contributed by atoms with van der Waals surface area (Å²) in [5, 5.41) is 9.48. The van der Waals surface area contributed by atoms with Crippen LogP contribution in [0.2, 0.25) is 0 Å². The molecule has 21 heavy (non-hydrogen) atoms. The molecule has 0 aromatic heterocycles. The summed E-state index contributed by atoms with van der Waals surface area (Å²) in [6.45, 7) is 2.21. The van der Waals surface area contributed by atoms with Gasteiger partial charge in [-0.3, -0.25) is 4.90 Å². The van der Waals surface area contributed by atoms with Crippen molar-refractivity contribution in [1.29, 1.82) is 0 Å². The lowest BCUT2D eigenvalue weighted by molar-refractivity contribution is 0.0860. The van der Waals surface area contributed by atoms with Crippen LogP contribution in [-0.4, -0.2) is 35.7 Å². The van der Waals surface area contributed by atoms with E-state index in [-0.39, 0.29) is 12.6 Å². The largest absolute Gasteiger partial charge is 0.466 e. The van der Waals surface area contributed by atoms with E-state index in [9.17, 15) is 5.11 Å². The zero-order chi connectivity index (χ0) is 14.5. The maximum atomic E-state index is 9.48. The van der Waals surface area contributed by atoms with Crippen LogP contribution in [0.25, 0.3) is 0 Å². The van der Waals surface area contributed by atoms with Gasteiger partial charge < -0.3 is 14.6 Å². The van der Waals surface area contributed by atoms with Gasteiger partial charge in [-0.1, -0.05) is 18.2 Å². The molecular weight excluding hydrogens is 266 g/mol. The molecule has 3 aliphatic rings. The Bertz CT molecular complexity index is 478. The molecule has 0 radical (unpaired) electrons. The normalized spacial score (nSPS) is 27.4. The van der Waals surface area contributed by atoms with Crippen molar-refractivity contribution in [2.24, 2.45) is 5.92 Å². The monoisotopic (exact) mass is 289 g/mol. The number of allylic oxidation sites excluding steroid dienone is 3. The Morgan fingerprint density at radius 2 is 2.33 bits per heavy atom. The van der Waals surface area contributed by atoms with Crippen molar-refractivity contribution in [2.45, 2.75) is 31.7 Å². The van der Waals surface area contributed by atoms with E-state index in [1.165, 1.54) is 5.57 Å². The van der Waals surface area contributed by atoms with Gasteiger partial charge in [-0.05, 0) is 43.7 Å². The Balaban J connectivity index is 1.82. The van der Waals surface area contributed by atoms with E-state index >= 15 is 0 Å². The van der Waals surface area contributed by atoms with E-state index in [1.54, 1.807) is 18.8 Å². The smallest absolute Gasteiger partial charge is 0.160 e. The second kappa shape index (κ2) is 6.96. The van der Waals surface area contributed by atoms with Crippen molar-refractivity contribution in [3.8, 4) is 0 Å². The lowest BCUT2D eigenvalue weighted by Crippen LogP contribution is -2.46. The summed E-state index contributed by atoms with van der Waals surface area (Å²) in [6.07, 6.45) is 15.7. The number of nitrogens with zero attached hydrogens (tertiary/aromatic N) is 1. The molecule has 2 heterocycles. The summed E-state index contributed by atoms with van der Waals surface area (Å²) < 4.78 is 11.0. The van der Waals surface area contributed by atoms with E-state index < -0.39 is 0 Å². The van der Waals surface area contributed by atoms with E-state index in [2.05, 4.69) is 23.1 Å². The number of likely N-dealkylation sites (tertiary alicyclic amines) is 1. The first kappa shape index (κ1) is 14.4. The van der Waals surface area contributed by atoms with Crippen LogP contribution in [0.4, 0.5) is 0 Å².